The van der Waals surface area contributed by atoms with Crippen LogP contribution < -0.4 is 10.6 Å². The number of anilines is 1. The lowest BCUT2D eigenvalue weighted by Crippen LogP contribution is -2.36. The minimum Gasteiger partial charge on any atom is -0.480 e. The van der Waals surface area contributed by atoms with Crippen molar-refractivity contribution in [2.24, 2.45) is 13.0 Å². The number of nitrogens with zero attached hydrogens (tertiary/aromatic N) is 2. The monoisotopic (exact) mass is 462 g/mol. The number of aliphatic carboxylic acids is 1. The molecule has 1 aliphatic carbocycles. The molecule has 34 heavy (non-hydrogen) atoms. The Morgan fingerprint density at radius 2 is 1.85 bits per heavy atom. The Balaban J connectivity index is 1.34. The number of carboxylic acids is 1. The SMILES string of the molecule is CC(OC(=O)Nc1cn(C)c(-c2ccc(CNC(CC3CC3)C(=O)O)cc2)n1)c1ccccc1. The zero-order valence-electron chi connectivity index (χ0n) is 19.4. The molecule has 178 valence electrons. The first-order chi connectivity index (χ1) is 16.4. The maximum atomic E-state index is 12.3. The maximum Gasteiger partial charge on any atom is 0.413 e. The number of amides is 1. The Kier molecular flexibility index (Phi) is 7.27. The molecule has 1 fully saturated rings. The van der Waals surface area contributed by atoms with E-state index in [1.54, 1.807) is 6.20 Å². The first kappa shape index (κ1) is 23.5. The predicted molar refractivity (Wildman–Crippen MR) is 129 cm³/mol. The largest absolute Gasteiger partial charge is 0.480 e. The minimum absolute atomic E-state index is 0.379. The summed E-state index contributed by atoms with van der Waals surface area (Å²) >= 11 is 0. The van der Waals surface area contributed by atoms with Gasteiger partial charge in [-0.2, -0.15) is 0 Å². The lowest BCUT2D eigenvalue weighted by molar-refractivity contribution is -0.139. The second kappa shape index (κ2) is 10.5. The van der Waals surface area contributed by atoms with E-state index in [1.807, 2.05) is 73.1 Å². The van der Waals surface area contributed by atoms with Crippen LogP contribution in [-0.4, -0.2) is 32.8 Å². The molecule has 0 spiro atoms. The molecule has 8 nitrogen and oxygen atoms in total. The maximum absolute atomic E-state index is 12.3. The summed E-state index contributed by atoms with van der Waals surface area (Å²) in [5, 5.41) is 15.2. The smallest absolute Gasteiger partial charge is 0.413 e. The molecular weight excluding hydrogens is 432 g/mol. The van der Waals surface area contributed by atoms with E-state index in [2.05, 4.69) is 15.6 Å². The zero-order chi connectivity index (χ0) is 24.1. The molecule has 8 heteroatoms. The van der Waals surface area contributed by atoms with Gasteiger partial charge in [0.25, 0.3) is 0 Å². The van der Waals surface area contributed by atoms with E-state index in [0.29, 0.717) is 30.5 Å². The summed E-state index contributed by atoms with van der Waals surface area (Å²) in [6, 6.07) is 16.8. The Bertz CT molecular complexity index is 1120. The molecule has 2 atom stereocenters. The third-order valence-electron chi connectivity index (χ3n) is 5.99. The van der Waals surface area contributed by atoms with E-state index in [1.165, 1.54) is 0 Å². The van der Waals surface area contributed by atoms with Crippen LogP contribution in [0, 0.1) is 5.92 Å². The predicted octanol–water partition coefficient (Wildman–Crippen LogP) is 4.74. The summed E-state index contributed by atoms with van der Waals surface area (Å²) in [6.45, 7) is 2.31. The lowest BCUT2D eigenvalue weighted by atomic mass is 10.1. The van der Waals surface area contributed by atoms with Crippen molar-refractivity contribution in [3.63, 3.8) is 0 Å². The van der Waals surface area contributed by atoms with E-state index in [9.17, 15) is 14.7 Å². The van der Waals surface area contributed by atoms with E-state index in [0.717, 1.165) is 29.5 Å². The molecule has 1 amide bonds. The Labute approximate surface area is 199 Å². The molecule has 0 saturated heterocycles. The van der Waals surface area contributed by atoms with Gasteiger partial charge in [0, 0.05) is 25.4 Å². The van der Waals surface area contributed by atoms with Gasteiger partial charge in [-0.25, -0.2) is 9.78 Å². The third-order valence-corrected chi connectivity index (χ3v) is 5.99. The fraction of sp³-hybridized carbons (Fsp3) is 0.346. The molecule has 0 aliphatic heterocycles. The second-order valence-corrected chi connectivity index (χ2v) is 8.79. The lowest BCUT2D eigenvalue weighted by Gasteiger charge is -2.14. The van der Waals surface area contributed by atoms with Crippen molar-refractivity contribution in [3.05, 3.63) is 71.9 Å². The first-order valence-electron chi connectivity index (χ1n) is 11.5. The number of rotatable bonds is 10. The van der Waals surface area contributed by atoms with Gasteiger partial charge in [-0.05, 0) is 30.4 Å². The van der Waals surface area contributed by atoms with Gasteiger partial charge in [-0.3, -0.25) is 10.1 Å². The number of hydrogen-bond donors (Lipinski definition) is 3. The van der Waals surface area contributed by atoms with E-state index >= 15 is 0 Å². The van der Waals surface area contributed by atoms with Crippen LogP contribution >= 0.6 is 0 Å². The molecule has 1 aliphatic rings. The number of carbonyl (C=O) groups excluding carboxylic acids is 1. The molecule has 3 N–H and O–H groups in total. The fourth-order valence-corrected chi connectivity index (χ4v) is 3.85. The highest BCUT2D eigenvalue weighted by atomic mass is 16.6. The average Bonchev–Trinajstić information content (AvgIpc) is 3.58. The van der Waals surface area contributed by atoms with Gasteiger partial charge < -0.3 is 19.7 Å². The van der Waals surface area contributed by atoms with Gasteiger partial charge in [0.05, 0.1) is 0 Å². The van der Waals surface area contributed by atoms with Crippen LogP contribution in [-0.2, 0) is 23.1 Å². The molecule has 4 rings (SSSR count). The van der Waals surface area contributed by atoms with Crippen molar-refractivity contribution in [2.45, 2.75) is 44.9 Å². The fourth-order valence-electron chi connectivity index (χ4n) is 3.85. The molecule has 0 radical (unpaired) electrons. The van der Waals surface area contributed by atoms with Gasteiger partial charge in [0.1, 0.15) is 18.0 Å². The van der Waals surface area contributed by atoms with Crippen LogP contribution in [0.1, 0.15) is 43.4 Å². The minimum atomic E-state index is -0.798. The Morgan fingerprint density at radius 1 is 1.15 bits per heavy atom. The van der Waals surface area contributed by atoms with E-state index in [4.69, 9.17) is 4.74 Å². The van der Waals surface area contributed by atoms with Crippen molar-refractivity contribution < 1.29 is 19.4 Å². The van der Waals surface area contributed by atoms with Crippen molar-refractivity contribution in [2.75, 3.05) is 5.32 Å². The Hall–Kier alpha value is -3.65. The van der Waals surface area contributed by atoms with Gasteiger partial charge >= 0.3 is 12.1 Å². The number of carboxylic acid groups (broad SMARTS) is 1. The van der Waals surface area contributed by atoms with Crippen molar-refractivity contribution in [1.29, 1.82) is 0 Å². The normalized spacial score (nSPS) is 14.9. The van der Waals surface area contributed by atoms with Gasteiger partial charge in [0.2, 0.25) is 0 Å². The summed E-state index contributed by atoms with van der Waals surface area (Å²) in [5.74, 6) is 0.843. The highest BCUT2D eigenvalue weighted by Gasteiger charge is 2.28. The number of hydrogen-bond acceptors (Lipinski definition) is 5. The molecule has 0 bridgehead atoms. The number of ether oxygens (including phenoxy) is 1. The molecule has 1 aromatic heterocycles. The summed E-state index contributed by atoms with van der Waals surface area (Å²) in [5.41, 5.74) is 2.80. The van der Waals surface area contributed by atoms with Crippen LogP contribution in [0.2, 0.25) is 0 Å². The quantitative estimate of drug-likeness (QED) is 0.402. The van der Waals surface area contributed by atoms with Gasteiger partial charge in [-0.15, -0.1) is 0 Å². The number of carbonyl (C=O) groups is 2. The molecule has 1 saturated carbocycles. The molecule has 2 aromatic carbocycles. The number of imidazole rings is 1. The van der Waals surface area contributed by atoms with E-state index < -0.39 is 18.1 Å². The van der Waals surface area contributed by atoms with Gasteiger partial charge in [0.15, 0.2) is 5.82 Å². The summed E-state index contributed by atoms with van der Waals surface area (Å²) in [7, 11) is 1.86. The van der Waals surface area contributed by atoms with Crippen molar-refractivity contribution in [1.82, 2.24) is 14.9 Å². The number of nitrogens with one attached hydrogen (secondary N) is 2. The number of benzene rings is 2. The molecule has 2 unspecified atom stereocenters. The highest BCUT2D eigenvalue weighted by molar-refractivity contribution is 5.84. The van der Waals surface area contributed by atoms with Crippen molar-refractivity contribution >= 4 is 17.9 Å². The summed E-state index contributed by atoms with van der Waals surface area (Å²) in [6.07, 6.45) is 3.73. The molecule has 1 heterocycles. The average molecular weight is 463 g/mol. The van der Waals surface area contributed by atoms with Crippen LogP contribution in [0.3, 0.4) is 0 Å². The Morgan fingerprint density at radius 3 is 2.50 bits per heavy atom. The molecule has 3 aromatic rings. The topological polar surface area (TPSA) is 105 Å². The first-order valence-corrected chi connectivity index (χ1v) is 11.5. The van der Waals surface area contributed by atoms with Crippen LogP contribution in [0.5, 0.6) is 0 Å². The number of aromatic nitrogens is 2. The molecular formula is C26H30N4O4. The third kappa shape index (κ3) is 6.23. The van der Waals surface area contributed by atoms with E-state index in [-0.39, 0.29) is 6.10 Å². The second-order valence-electron chi connectivity index (χ2n) is 8.79. The van der Waals surface area contributed by atoms with Crippen LogP contribution in [0.25, 0.3) is 11.4 Å². The number of aryl methyl sites for hydroxylation is 1. The van der Waals surface area contributed by atoms with Crippen LogP contribution in [0.15, 0.2) is 60.8 Å². The highest BCUT2D eigenvalue weighted by Crippen LogP contribution is 2.33. The standard InChI is InChI=1S/C26H30N4O4/c1-17(20-6-4-3-5-7-20)34-26(33)29-23-16-30(2)24(28-23)21-12-10-19(11-13-21)15-27-22(25(31)32)14-18-8-9-18/h3-7,10-13,16-18,22,27H,8-9,14-15H2,1-2H3,(H,29,33)(H,31,32). The van der Waals surface area contributed by atoms with Gasteiger partial charge in [-0.1, -0.05) is 67.4 Å². The zero-order valence-corrected chi connectivity index (χ0v) is 19.4. The van der Waals surface area contributed by atoms with Crippen LogP contribution in [0.4, 0.5) is 10.6 Å². The summed E-state index contributed by atoms with van der Waals surface area (Å²) < 4.78 is 7.29. The summed E-state index contributed by atoms with van der Waals surface area (Å²) in [4.78, 5) is 28.3. The van der Waals surface area contributed by atoms with Crippen molar-refractivity contribution in [3.8, 4) is 11.4 Å².